The van der Waals surface area contributed by atoms with Crippen molar-refractivity contribution in [1.82, 2.24) is 19.1 Å². The Morgan fingerprint density at radius 1 is 1.00 bits per heavy atom. The van der Waals surface area contributed by atoms with Crippen LogP contribution in [-0.2, 0) is 23.1 Å². The highest BCUT2D eigenvalue weighted by molar-refractivity contribution is 7.90. The van der Waals surface area contributed by atoms with E-state index in [4.69, 9.17) is 0 Å². The number of nitrogens with one attached hydrogen (secondary N) is 1. The third-order valence-corrected chi connectivity index (χ3v) is 9.76. The molecule has 34 heavy (non-hydrogen) atoms. The van der Waals surface area contributed by atoms with Crippen LogP contribution in [0.1, 0.15) is 51.2 Å². The van der Waals surface area contributed by atoms with Gasteiger partial charge in [0.15, 0.2) is 0 Å². The third kappa shape index (κ3) is 3.84. The van der Waals surface area contributed by atoms with Gasteiger partial charge in [-0.1, -0.05) is 29.8 Å². The molecule has 5 rings (SSSR count). The van der Waals surface area contributed by atoms with E-state index in [1.807, 2.05) is 31.2 Å². The Kier molecular flexibility index (Phi) is 5.60. The Balaban J connectivity index is 1.30. The maximum absolute atomic E-state index is 13.1. The first-order chi connectivity index (χ1) is 16.2. The van der Waals surface area contributed by atoms with E-state index in [0.29, 0.717) is 32.5 Å². The number of fused-ring (bicyclic) bond motifs is 1. The van der Waals surface area contributed by atoms with Crippen molar-refractivity contribution >= 4 is 21.8 Å². The number of rotatable bonds is 7. The number of carbonyl (C=O) groups is 2. The molecule has 0 unspecified atom stereocenters. The van der Waals surface area contributed by atoms with Crippen molar-refractivity contribution in [2.75, 3.05) is 26.2 Å². The molecule has 0 radical (unpaired) electrons. The SMILES string of the molecule is Cc1ccc(CNC(=O)c2ccc3n(c2=O)CCN(CC2(S(=O)(=O)N4CCC4)CC2)C3=O)cc1. The minimum absolute atomic E-state index is 0.0175. The number of benzene rings is 1. The molecule has 1 saturated heterocycles. The molecule has 0 spiro atoms. The Labute approximate surface area is 198 Å². The fraction of sp³-hybridized carbons (Fsp3) is 0.458. The van der Waals surface area contributed by atoms with E-state index >= 15 is 0 Å². The molecule has 10 heteroatoms. The molecule has 9 nitrogen and oxygen atoms in total. The van der Waals surface area contributed by atoms with Crippen molar-refractivity contribution in [2.24, 2.45) is 0 Å². The van der Waals surface area contributed by atoms with Gasteiger partial charge in [0, 0.05) is 39.3 Å². The van der Waals surface area contributed by atoms with Crippen molar-refractivity contribution in [3.05, 3.63) is 69.1 Å². The number of carbonyl (C=O) groups excluding carboxylic acids is 2. The summed E-state index contributed by atoms with van der Waals surface area (Å²) in [6.45, 7) is 3.96. The summed E-state index contributed by atoms with van der Waals surface area (Å²) in [5.41, 5.74) is 1.69. The second-order valence-electron chi connectivity index (χ2n) is 9.42. The van der Waals surface area contributed by atoms with E-state index in [0.717, 1.165) is 17.5 Å². The van der Waals surface area contributed by atoms with Gasteiger partial charge in [-0.25, -0.2) is 12.7 Å². The van der Waals surface area contributed by atoms with Gasteiger partial charge in [0.2, 0.25) is 10.0 Å². The summed E-state index contributed by atoms with van der Waals surface area (Å²) in [4.78, 5) is 40.3. The fourth-order valence-corrected chi connectivity index (χ4v) is 6.79. The Hall–Kier alpha value is -2.98. The third-order valence-electron chi connectivity index (χ3n) is 7.08. The van der Waals surface area contributed by atoms with Gasteiger partial charge in [0.05, 0.1) is 0 Å². The molecule has 1 N–H and O–H groups in total. The Morgan fingerprint density at radius 3 is 2.32 bits per heavy atom. The minimum Gasteiger partial charge on any atom is -0.348 e. The topological polar surface area (TPSA) is 109 Å². The second-order valence-corrected chi connectivity index (χ2v) is 11.8. The molecule has 3 heterocycles. The van der Waals surface area contributed by atoms with Crippen molar-refractivity contribution < 1.29 is 18.0 Å². The van der Waals surface area contributed by atoms with Crippen LogP contribution in [-0.4, -0.2) is 64.9 Å². The molecule has 2 aliphatic heterocycles. The molecule has 2 fully saturated rings. The number of hydrogen-bond acceptors (Lipinski definition) is 5. The van der Waals surface area contributed by atoms with Gasteiger partial charge in [-0.3, -0.25) is 14.4 Å². The summed E-state index contributed by atoms with van der Waals surface area (Å²) in [6.07, 6.45) is 1.96. The standard InChI is InChI=1S/C24H28N4O5S/c1-17-3-5-18(6-4-17)15-25-21(29)19-7-8-20-23(31)26(13-14-28(20)22(19)30)16-24(9-10-24)34(32,33)27-11-2-12-27/h3-8H,2,9-16H2,1H3,(H,25,29). The summed E-state index contributed by atoms with van der Waals surface area (Å²) in [7, 11) is -3.43. The summed E-state index contributed by atoms with van der Waals surface area (Å²) in [5, 5.41) is 2.76. The van der Waals surface area contributed by atoms with Gasteiger partial charge in [-0.15, -0.1) is 0 Å². The van der Waals surface area contributed by atoms with Gasteiger partial charge in [0.1, 0.15) is 16.0 Å². The largest absolute Gasteiger partial charge is 0.348 e. The molecular weight excluding hydrogens is 456 g/mol. The average molecular weight is 485 g/mol. The van der Waals surface area contributed by atoms with Crippen LogP contribution in [0.4, 0.5) is 0 Å². The van der Waals surface area contributed by atoms with Crippen molar-refractivity contribution in [1.29, 1.82) is 0 Å². The van der Waals surface area contributed by atoms with Crippen molar-refractivity contribution in [3.8, 4) is 0 Å². The summed E-state index contributed by atoms with van der Waals surface area (Å²) < 4.78 is 27.9. The number of nitrogens with zero attached hydrogens (tertiary/aromatic N) is 3. The maximum atomic E-state index is 13.1. The van der Waals surface area contributed by atoms with Crippen LogP contribution in [0.5, 0.6) is 0 Å². The highest BCUT2D eigenvalue weighted by Crippen LogP contribution is 2.47. The zero-order valence-corrected chi connectivity index (χ0v) is 19.9. The maximum Gasteiger partial charge on any atom is 0.270 e. The lowest BCUT2D eigenvalue weighted by Gasteiger charge is -2.37. The van der Waals surface area contributed by atoms with E-state index in [2.05, 4.69) is 5.32 Å². The molecule has 1 saturated carbocycles. The number of hydrogen-bond donors (Lipinski definition) is 1. The van der Waals surface area contributed by atoms with Crippen LogP contribution in [0, 0.1) is 6.92 Å². The molecule has 3 aliphatic rings. The zero-order chi connectivity index (χ0) is 24.1. The zero-order valence-electron chi connectivity index (χ0n) is 19.1. The molecule has 0 atom stereocenters. The van der Waals surface area contributed by atoms with Crippen molar-refractivity contribution in [2.45, 2.75) is 44.0 Å². The Morgan fingerprint density at radius 2 is 1.71 bits per heavy atom. The first-order valence-electron chi connectivity index (χ1n) is 11.6. The van der Waals surface area contributed by atoms with E-state index in [-0.39, 0.29) is 36.8 Å². The first-order valence-corrected chi connectivity index (χ1v) is 13.0. The van der Waals surface area contributed by atoms with E-state index in [1.165, 1.54) is 25.9 Å². The average Bonchev–Trinajstić information content (AvgIpc) is 3.55. The van der Waals surface area contributed by atoms with Crippen LogP contribution in [0.3, 0.4) is 0 Å². The summed E-state index contributed by atoms with van der Waals surface area (Å²) in [5.74, 6) is -0.867. The number of aryl methyl sites for hydroxylation is 1. The number of sulfonamides is 1. The number of amides is 2. The highest BCUT2D eigenvalue weighted by atomic mass is 32.2. The Bertz CT molecular complexity index is 1310. The van der Waals surface area contributed by atoms with Gasteiger partial charge in [-0.2, -0.15) is 0 Å². The van der Waals surface area contributed by atoms with Gasteiger partial charge in [0.25, 0.3) is 17.4 Å². The van der Waals surface area contributed by atoms with E-state index in [9.17, 15) is 22.8 Å². The van der Waals surface area contributed by atoms with E-state index < -0.39 is 26.2 Å². The van der Waals surface area contributed by atoms with Crippen molar-refractivity contribution in [3.63, 3.8) is 0 Å². The lowest BCUT2D eigenvalue weighted by Crippen LogP contribution is -2.54. The monoisotopic (exact) mass is 484 g/mol. The second kappa shape index (κ2) is 8.35. The summed E-state index contributed by atoms with van der Waals surface area (Å²) in [6, 6.07) is 10.6. The molecule has 1 aliphatic carbocycles. The molecule has 2 amide bonds. The number of pyridine rings is 1. The lowest BCUT2D eigenvalue weighted by atomic mass is 10.1. The van der Waals surface area contributed by atoms with Gasteiger partial charge >= 0.3 is 0 Å². The van der Waals surface area contributed by atoms with Gasteiger partial charge < -0.3 is 14.8 Å². The highest BCUT2D eigenvalue weighted by Gasteiger charge is 2.59. The van der Waals surface area contributed by atoms with Crippen LogP contribution in [0.25, 0.3) is 0 Å². The molecule has 1 aromatic heterocycles. The molecule has 0 bridgehead atoms. The lowest BCUT2D eigenvalue weighted by molar-refractivity contribution is 0.0693. The van der Waals surface area contributed by atoms with Crippen LogP contribution in [0.15, 0.2) is 41.2 Å². The predicted molar refractivity (Wildman–Crippen MR) is 126 cm³/mol. The predicted octanol–water partition coefficient (Wildman–Crippen LogP) is 1.11. The minimum atomic E-state index is -3.43. The normalized spacial score (nSPS) is 19.3. The van der Waals surface area contributed by atoms with Crippen LogP contribution >= 0.6 is 0 Å². The number of aromatic nitrogens is 1. The fourth-order valence-electron chi connectivity index (χ4n) is 4.56. The molecule has 1 aromatic carbocycles. The van der Waals surface area contributed by atoms with Gasteiger partial charge in [-0.05, 0) is 43.9 Å². The molecule has 2 aromatic rings. The molecule has 180 valence electrons. The quantitative estimate of drug-likeness (QED) is 0.633. The van der Waals surface area contributed by atoms with Crippen LogP contribution < -0.4 is 10.9 Å². The summed E-state index contributed by atoms with van der Waals surface area (Å²) >= 11 is 0. The smallest absolute Gasteiger partial charge is 0.270 e. The van der Waals surface area contributed by atoms with E-state index in [1.54, 1.807) is 0 Å². The first kappa shape index (κ1) is 22.8. The van der Waals surface area contributed by atoms with Crippen LogP contribution in [0.2, 0.25) is 0 Å². The molecular formula is C24H28N4O5S.